The Balaban J connectivity index is 1.54. The molecule has 0 bridgehead atoms. The normalized spacial score (nSPS) is 15.7. The summed E-state index contributed by atoms with van der Waals surface area (Å²) in [4.78, 5) is 12.4. The predicted molar refractivity (Wildman–Crippen MR) is 123 cm³/mol. The highest BCUT2D eigenvalue weighted by Gasteiger charge is 2.17. The fraction of sp³-hybridized carbons (Fsp3) is 0.320. The van der Waals surface area contributed by atoms with Gasteiger partial charge >= 0.3 is 0 Å². The molecule has 1 atom stereocenters. The van der Waals surface area contributed by atoms with Gasteiger partial charge in [0, 0.05) is 36.0 Å². The molecule has 31 heavy (non-hydrogen) atoms. The Morgan fingerprint density at radius 2 is 1.90 bits per heavy atom. The molecule has 1 N–H and O–H groups in total. The molecule has 1 saturated heterocycles. The van der Waals surface area contributed by atoms with Gasteiger partial charge in [-0.25, -0.2) is 0 Å². The summed E-state index contributed by atoms with van der Waals surface area (Å²) >= 11 is 6.08. The lowest BCUT2D eigenvalue weighted by molar-refractivity contribution is -0.121. The van der Waals surface area contributed by atoms with E-state index in [9.17, 15) is 4.79 Å². The Labute approximate surface area is 187 Å². The third kappa shape index (κ3) is 5.30. The first-order chi connectivity index (χ1) is 15.1. The highest BCUT2D eigenvalue weighted by atomic mass is 35.5. The van der Waals surface area contributed by atoms with Crippen molar-refractivity contribution in [1.82, 2.24) is 9.88 Å². The molecule has 6 heteroatoms. The number of aromatic nitrogens is 1. The number of benzene rings is 2. The van der Waals surface area contributed by atoms with Crippen LogP contribution in [0.4, 0.5) is 0 Å². The van der Waals surface area contributed by atoms with E-state index in [2.05, 4.69) is 22.0 Å². The van der Waals surface area contributed by atoms with Crippen molar-refractivity contribution >= 4 is 17.5 Å². The van der Waals surface area contributed by atoms with E-state index < -0.39 is 0 Å². The number of nitrogens with zero attached hydrogens (tertiary/aromatic N) is 1. The second-order valence-electron chi connectivity index (χ2n) is 7.69. The minimum atomic E-state index is 0.0472. The van der Waals surface area contributed by atoms with Crippen LogP contribution < -0.4 is 10.1 Å². The van der Waals surface area contributed by atoms with E-state index in [0.717, 1.165) is 47.8 Å². The SMILES string of the molecule is COc1ccc(-n2c(CCC(=O)NCC3CCCO3)ccc2-c2ccc(Cl)cc2)cc1. The molecule has 1 aliphatic rings. The molecule has 4 rings (SSSR count). The maximum absolute atomic E-state index is 12.4. The Morgan fingerprint density at radius 3 is 2.58 bits per heavy atom. The van der Waals surface area contributed by atoms with Gasteiger partial charge in [0.05, 0.1) is 18.9 Å². The molecule has 3 aromatic rings. The lowest BCUT2D eigenvalue weighted by Crippen LogP contribution is -2.31. The second kappa shape index (κ2) is 10.0. The Bertz CT molecular complexity index is 1010. The molecular weight excluding hydrogens is 412 g/mol. The van der Waals surface area contributed by atoms with Crippen molar-refractivity contribution in [2.75, 3.05) is 20.3 Å². The number of halogens is 1. The molecule has 0 aliphatic carbocycles. The Morgan fingerprint density at radius 1 is 1.13 bits per heavy atom. The topological polar surface area (TPSA) is 52.5 Å². The summed E-state index contributed by atoms with van der Waals surface area (Å²) in [6, 6.07) is 19.9. The van der Waals surface area contributed by atoms with Gasteiger partial charge in [-0.2, -0.15) is 0 Å². The van der Waals surface area contributed by atoms with E-state index in [-0.39, 0.29) is 12.0 Å². The van der Waals surface area contributed by atoms with Crippen molar-refractivity contribution < 1.29 is 14.3 Å². The maximum Gasteiger partial charge on any atom is 0.220 e. The molecule has 1 aromatic heterocycles. The van der Waals surface area contributed by atoms with E-state index in [4.69, 9.17) is 21.1 Å². The number of carbonyl (C=O) groups excluding carboxylic acids is 1. The lowest BCUT2D eigenvalue weighted by atomic mass is 10.1. The third-order valence-corrected chi connectivity index (χ3v) is 5.84. The van der Waals surface area contributed by atoms with E-state index in [1.54, 1.807) is 7.11 Å². The lowest BCUT2D eigenvalue weighted by Gasteiger charge is -2.15. The van der Waals surface area contributed by atoms with Crippen LogP contribution in [0, 0.1) is 0 Å². The van der Waals surface area contributed by atoms with Crippen LogP contribution in [0.3, 0.4) is 0 Å². The minimum Gasteiger partial charge on any atom is -0.497 e. The van der Waals surface area contributed by atoms with E-state index in [0.29, 0.717) is 24.4 Å². The molecule has 0 radical (unpaired) electrons. The average molecular weight is 439 g/mol. The van der Waals surface area contributed by atoms with Crippen LogP contribution in [0.1, 0.15) is 25.0 Å². The fourth-order valence-corrected chi connectivity index (χ4v) is 4.05. The Hall–Kier alpha value is -2.76. The van der Waals surface area contributed by atoms with Crippen molar-refractivity contribution in [2.45, 2.75) is 31.8 Å². The van der Waals surface area contributed by atoms with Crippen LogP contribution >= 0.6 is 11.6 Å². The van der Waals surface area contributed by atoms with Gasteiger partial charge < -0.3 is 19.4 Å². The summed E-state index contributed by atoms with van der Waals surface area (Å²) in [6.07, 6.45) is 3.31. The number of rotatable bonds is 8. The van der Waals surface area contributed by atoms with Crippen molar-refractivity contribution in [3.63, 3.8) is 0 Å². The van der Waals surface area contributed by atoms with E-state index in [1.165, 1.54) is 0 Å². The van der Waals surface area contributed by atoms with Crippen LogP contribution in [0.2, 0.25) is 5.02 Å². The first-order valence-corrected chi connectivity index (χ1v) is 11.0. The van der Waals surface area contributed by atoms with Gasteiger partial charge in [-0.3, -0.25) is 4.79 Å². The average Bonchev–Trinajstić information content (AvgIpc) is 3.47. The molecule has 1 aliphatic heterocycles. The molecule has 162 valence electrons. The second-order valence-corrected chi connectivity index (χ2v) is 8.13. The molecule has 2 heterocycles. The summed E-state index contributed by atoms with van der Waals surface area (Å²) in [6.45, 7) is 1.39. The van der Waals surface area contributed by atoms with Crippen LogP contribution in [-0.4, -0.2) is 36.8 Å². The summed E-state index contributed by atoms with van der Waals surface area (Å²) in [5.41, 5.74) is 4.21. The summed E-state index contributed by atoms with van der Waals surface area (Å²) in [5, 5.41) is 3.71. The number of ether oxygens (including phenoxy) is 2. The van der Waals surface area contributed by atoms with E-state index in [1.807, 2.05) is 48.5 Å². The molecule has 0 spiro atoms. The number of nitrogens with one attached hydrogen (secondary N) is 1. The fourth-order valence-electron chi connectivity index (χ4n) is 3.92. The van der Waals surface area contributed by atoms with Crippen LogP contribution in [0.25, 0.3) is 16.9 Å². The summed E-state index contributed by atoms with van der Waals surface area (Å²) in [5.74, 6) is 0.852. The third-order valence-electron chi connectivity index (χ3n) is 5.59. The monoisotopic (exact) mass is 438 g/mol. The molecule has 5 nitrogen and oxygen atoms in total. The standard InChI is InChI=1S/C25H27ClN2O3/c1-30-22-12-8-20(9-13-22)28-21(10-14-24(28)18-4-6-19(26)7-5-18)11-15-25(29)27-17-23-3-2-16-31-23/h4-10,12-14,23H,2-3,11,15-17H2,1H3,(H,27,29). The number of methoxy groups -OCH3 is 1. The zero-order valence-corrected chi connectivity index (χ0v) is 18.4. The largest absolute Gasteiger partial charge is 0.497 e. The zero-order chi connectivity index (χ0) is 21.6. The number of hydrogen-bond acceptors (Lipinski definition) is 3. The molecule has 1 fully saturated rings. The summed E-state index contributed by atoms with van der Waals surface area (Å²) in [7, 11) is 1.66. The number of amides is 1. The van der Waals surface area contributed by atoms with Gasteiger partial charge in [-0.15, -0.1) is 0 Å². The molecular formula is C25H27ClN2O3. The van der Waals surface area contributed by atoms with Crippen LogP contribution in [-0.2, 0) is 16.0 Å². The van der Waals surface area contributed by atoms with Gasteiger partial charge in [0.1, 0.15) is 5.75 Å². The quantitative estimate of drug-likeness (QED) is 0.536. The summed E-state index contributed by atoms with van der Waals surface area (Å²) < 4.78 is 13.1. The Kier molecular flexibility index (Phi) is 6.95. The van der Waals surface area contributed by atoms with Crippen LogP contribution in [0.5, 0.6) is 5.75 Å². The molecule has 2 aromatic carbocycles. The minimum absolute atomic E-state index is 0.0472. The van der Waals surface area contributed by atoms with Gasteiger partial charge in [-0.1, -0.05) is 23.7 Å². The molecule has 1 amide bonds. The number of carbonyl (C=O) groups is 1. The highest BCUT2D eigenvalue weighted by molar-refractivity contribution is 6.30. The van der Waals surface area contributed by atoms with Crippen molar-refractivity contribution in [1.29, 1.82) is 0 Å². The highest BCUT2D eigenvalue weighted by Crippen LogP contribution is 2.29. The molecule has 1 unspecified atom stereocenters. The van der Waals surface area contributed by atoms with E-state index >= 15 is 0 Å². The van der Waals surface area contributed by atoms with Crippen LogP contribution in [0.15, 0.2) is 60.7 Å². The first-order valence-electron chi connectivity index (χ1n) is 10.6. The first kappa shape index (κ1) is 21.5. The van der Waals surface area contributed by atoms with Crippen molar-refractivity contribution in [2.24, 2.45) is 0 Å². The number of hydrogen-bond donors (Lipinski definition) is 1. The van der Waals surface area contributed by atoms with Crippen molar-refractivity contribution in [3.05, 3.63) is 71.4 Å². The van der Waals surface area contributed by atoms with Gasteiger partial charge in [0.25, 0.3) is 0 Å². The van der Waals surface area contributed by atoms with Crippen molar-refractivity contribution in [3.8, 4) is 22.7 Å². The number of aryl methyl sites for hydroxylation is 1. The van der Waals surface area contributed by atoms with Gasteiger partial charge in [-0.05, 0) is 73.4 Å². The smallest absolute Gasteiger partial charge is 0.220 e. The van der Waals surface area contributed by atoms with Gasteiger partial charge in [0.15, 0.2) is 0 Å². The predicted octanol–water partition coefficient (Wildman–Crippen LogP) is 5.03. The maximum atomic E-state index is 12.4. The zero-order valence-electron chi connectivity index (χ0n) is 17.6. The molecule has 0 saturated carbocycles. The van der Waals surface area contributed by atoms with Gasteiger partial charge in [0.2, 0.25) is 5.91 Å².